The molecule has 0 radical (unpaired) electrons. The Morgan fingerprint density at radius 3 is 1.79 bits per heavy atom. The Bertz CT molecular complexity index is 404. The molecule has 0 nitrogen and oxygen atoms in total. The monoisotopic (exact) mass is 328 g/mol. The second-order valence-electron chi connectivity index (χ2n) is 10.8. The van der Waals surface area contributed by atoms with Gasteiger partial charge in [0, 0.05) is 0 Å². The van der Waals surface area contributed by atoms with Crippen molar-refractivity contribution in [2.45, 2.75) is 103 Å². The first-order valence-corrected chi connectivity index (χ1v) is 11.8. The van der Waals surface area contributed by atoms with Crippen molar-refractivity contribution in [2.75, 3.05) is 0 Å². The predicted molar refractivity (Wildman–Crippen MR) is 102 cm³/mol. The van der Waals surface area contributed by atoms with Gasteiger partial charge >= 0.3 is 0 Å². The third-order valence-corrected chi connectivity index (χ3v) is 9.67. The molecule has 0 spiro atoms. The summed E-state index contributed by atoms with van der Waals surface area (Å²) in [5.74, 6) is 9.16. The van der Waals surface area contributed by atoms with Gasteiger partial charge in [-0.3, -0.25) is 0 Å². The summed E-state index contributed by atoms with van der Waals surface area (Å²) in [5.41, 5.74) is 0. The molecule has 24 heavy (non-hydrogen) atoms. The van der Waals surface area contributed by atoms with Crippen molar-refractivity contribution in [1.82, 2.24) is 0 Å². The lowest BCUT2D eigenvalue weighted by atomic mass is 9.72. The Balaban J connectivity index is 1.05. The van der Waals surface area contributed by atoms with E-state index in [1.807, 2.05) is 0 Å². The van der Waals surface area contributed by atoms with Crippen LogP contribution in [0, 0.1) is 47.3 Å². The Morgan fingerprint density at radius 2 is 1.17 bits per heavy atom. The van der Waals surface area contributed by atoms with Crippen LogP contribution in [0.5, 0.6) is 0 Å². The number of fused-ring (bicyclic) bond motifs is 3. The van der Waals surface area contributed by atoms with Crippen LogP contribution in [0.4, 0.5) is 0 Å². The van der Waals surface area contributed by atoms with E-state index >= 15 is 0 Å². The van der Waals surface area contributed by atoms with Crippen LogP contribution in [0.25, 0.3) is 0 Å². The van der Waals surface area contributed by atoms with Crippen molar-refractivity contribution in [3.05, 3.63) is 0 Å². The highest BCUT2D eigenvalue weighted by Gasteiger charge is 2.41. The van der Waals surface area contributed by atoms with Gasteiger partial charge < -0.3 is 0 Å². The van der Waals surface area contributed by atoms with Gasteiger partial charge in [-0.1, -0.05) is 51.4 Å². The highest BCUT2D eigenvalue weighted by molar-refractivity contribution is 4.92. The van der Waals surface area contributed by atoms with Crippen LogP contribution in [0.3, 0.4) is 0 Å². The van der Waals surface area contributed by atoms with Crippen LogP contribution in [0.15, 0.2) is 0 Å². The maximum absolute atomic E-state index is 1.63. The van der Waals surface area contributed by atoms with E-state index in [1.54, 1.807) is 103 Å². The molecule has 0 heterocycles. The molecule has 0 aromatic rings. The van der Waals surface area contributed by atoms with Crippen molar-refractivity contribution in [3.8, 4) is 0 Å². The van der Waals surface area contributed by atoms with Crippen molar-refractivity contribution < 1.29 is 0 Å². The van der Waals surface area contributed by atoms with Crippen LogP contribution in [0.1, 0.15) is 103 Å². The fourth-order valence-corrected chi connectivity index (χ4v) is 8.29. The molecule has 0 aromatic heterocycles. The average Bonchev–Trinajstić information content (AvgIpc) is 3.35. The molecule has 0 aliphatic heterocycles. The zero-order valence-electron chi connectivity index (χ0n) is 15.9. The molecule has 5 aliphatic carbocycles. The third kappa shape index (κ3) is 3.21. The van der Waals surface area contributed by atoms with E-state index in [9.17, 15) is 0 Å². The molecule has 5 unspecified atom stereocenters. The van der Waals surface area contributed by atoms with E-state index in [0.29, 0.717) is 0 Å². The van der Waals surface area contributed by atoms with E-state index in [1.165, 1.54) is 0 Å². The molecule has 2 bridgehead atoms. The minimum Gasteiger partial charge on any atom is -0.0530 e. The van der Waals surface area contributed by atoms with Gasteiger partial charge in [-0.25, -0.2) is 0 Å². The molecule has 0 aromatic carbocycles. The molecular weight excluding hydrogens is 288 g/mol. The van der Waals surface area contributed by atoms with Gasteiger partial charge in [0.15, 0.2) is 0 Å². The SMILES string of the molecule is C1CCC2CC(C3CCC(CCC4CC5CCC4C5)CC3)CC2C1. The second kappa shape index (κ2) is 6.96. The smallest absolute Gasteiger partial charge is 0.0380 e. The van der Waals surface area contributed by atoms with Crippen LogP contribution >= 0.6 is 0 Å². The summed E-state index contributed by atoms with van der Waals surface area (Å²) >= 11 is 0. The van der Waals surface area contributed by atoms with Gasteiger partial charge in [0.05, 0.1) is 0 Å². The van der Waals surface area contributed by atoms with E-state index < -0.39 is 0 Å². The van der Waals surface area contributed by atoms with E-state index in [2.05, 4.69) is 0 Å². The molecule has 5 fully saturated rings. The van der Waals surface area contributed by atoms with Gasteiger partial charge in [-0.2, -0.15) is 0 Å². The molecule has 136 valence electrons. The minimum atomic E-state index is 1.11. The topological polar surface area (TPSA) is 0 Å². The van der Waals surface area contributed by atoms with Crippen LogP contribution in [0.2, 0.25) is 0 Å². The summed E-state index contributed by atoms with van der Waals surface area (Å²) in [5, 5.41) is 0. The van der Waals surface area contributed by atoms with Crippen LogP contribution in [-0.4, -0.2) is 0 Å². The fourth-order valence-electron chi connectivity index (χ4n) is 8.29. The van der Waals surface area contributed by atoms with Crippen molar-refractivity contribution in [1.29, 1.82) is 0 Å². The van der Waals surface area contributed by atoms with Gasteiger partial charge in [-0.15, -0.1) is 0 Å². The highest BCUT2D eigenvalue weighted by Crippen LogP contribution is 2.52. The maximum atomic E-state index is 1.63. The molecular formula is C24H40. The summed E-state index contributed by atoms with van der Waals surface area (Å²) in [4.78, 5) is 0. The van der Waals surface area contributed by atoms with Crippen molar-refractivity contribution in [3.63, 3.8) is 0 Å². The zero-order valence-corrected chi connectivity index (χ0v) is 15.9. The molecule has 5 aliphatic rings. The number of rotatable bonds is 4. The summed E-state index contributed by atoms with van der Waals surface area (Å²) in [6.07, 6.45) is 25.5. The normalized spacial score (nSPS) is 51.0. The summed E-state index contributed by atoms with van der Waals surface area (Å²) in [6, 6.07) is 0. The Hall–Kier alpha value is 0. The first kappa shape index (κ1) is 16.2. The van der Waals surface area contributed by atoms with Gasteiger partial charge in [0.1, 0.15) is 0 Å². The zero-order chi connectivity index (χ0) is 15.9. The molecule has 0 heteroatoms. The third-order valence-electron chi connectivity index (χ3n) is 9.67. The summed E-state index contributed by atoms with van der Waals surface area (Å²) in [6.45, 7) is 0. The summed E-state index contributed by atoms with van der Waals surface area (Å²) < 4.78 is 0. The first-order chi connectivity index (χ1) is 11.8. The number of hydrogen-bond acceptors (Lipinski definition) is 0. The second-order valence-corrected chi connectivity index (χ2v) is 10.8. The molecule has 0 N–H and O–H groups in total. The molecule has 5 atom stereocenters. The number of hydrogen-bond donors (Lipinski definition) is 0. The van der Waals surface area contributed by atoms with Crippen molar-refractivity contribution in [2.24, 2.45) is 47.3 Å². The lowest BCUT2D eigenvalue weighted by Crippen LogP contribution is -2.21. The van der Waals surface area contributed by atoms with Crippen LogP contribution < -0.4 is 0 Å². The standard InChI is InChI=1S/C24H40/c1-2-4-21-16-24(15-20(21)3-1)19-9-5-17(6-10-19)7-11-22-13-18-8-12-23(22)14-18/h17-24H,1-16H2. The van der Waals surface area contributed by atoms with Crippen LogP contribution in [-0.2, 0) is 0 Å². The summed E-state index contributed by atoms with van der Waals surface area (Å²) in [7, 11) is 0. The Labute approximate surface area is 150 Å². The molecule has 0 amide bonds. The van der Waals surface area contributed by atoms with Gasteiger partial charge in [0.2, 0.25) is 0 Å². The largest absolute Gasteiger partial charge is 0.0530 e. The lowest BCUT2D eigenvalue weighted by Gasteiger charge is -2.33. The van der Waals surface area contributed by atoms with E-state index in [0.717, 1.165) is 47.3 Å². The van der Waals surface area contributed by atoms with Gasteiger partial charge in [-0.05, 0) is 98.7 Å². The van der Waals surface area contributed by atoms with E-state index in [4.69, 9.17) is 0 Å². The Morgan fingerprint density at radius 1 is 0.458 bits per heavy atom. The van der Waals surface area contributed by atoms with E-state index in [-0.39, 0.29) is 0 Å². The predicted octanol–water partition coefficient (Wildman–Crippen LogP) is 7.23. The quantitative estimate of drug-likeness (QED) is 0.511. The lowest BCUT2D eigenvalue weighted by molar-refractivity contribution is 0.183. The maximum Gasteiger partial charge on any atom is -0.0380 e. The Kier molecular flexibility index (Phi) is 4.69. The fraction of sp³-hybridized carbons (Fsp3) is 1.00. The minimum absolute atomic E-state index is 1.11. The first-order valence-electron chi connectivity index (χ1n) is 11.8. The van der Waals surface area contributed by atoms with Gasteiger partial charge in [0.25, 0.3) is 0 Å². The highest BCUT2D eigenvalue weighted by atomic mass is 14.5. The molecule has 5 rings (SSSR count). The molecule has 0 saturated heterocycles. The van der Waals surface area contributed by atoms with Crippen molar-refractivity contribution >= 4 is 0 Å². The average molecular weight is 329 g/mol. The molecule has 5 saturated carbocycles.